The molecule has 13 heavy (non-hydrogen) atoms. The van der Waals surface area contributed by atoms with Gasteiger partial charge in [-0.05, 0) is 28.1 Å². The minimum Gasteiger partial charge on any atom is -0.507 e. The molecule has 0 fully saturated rings. The van der Waals surface area contributed by atoms with E-state index in [1.807, 2.05) is 0 Å². The molecule has 0 atom stereocenters. The standard InChI is InChI=1S/C8H7BrO4/c9-8-5(10)2-1-3-6(8)13-4-7(11)12/h1-3,10H,4H2,(H,11,12). The van der Waals surface area contributed by atoms with Crippen LogP contribution in [0.1, 0.15) is 0 Å². The summed E-state index contributed by atoms with van der Waals surface area (Å²) >= 11 is 3.06. The molecular weight excluding hydrogens is 240 g/mol. The molecule has 0 heterocycles. The Morgan fingerprint density at radius 2 is 2.23 bits per heavy atom. The van der Waals surface area contributed by atoms with Crippen LogP contribution in [0.15, 0.2) is 22.7 Å². The molecule has 0 aliphatic carbocycles. The van der Waals surface area contributed by atoms with Gasteiger partial charge in [-0.1, -0.05) is 6.07 Å². The summed E-state index contributed by atoms with van der Waals surface area (Å²) in [4.78, 5) is 10.2. The van der Waals surface area contributed by atoms with Gasteiger partial charge >= 0.3 is 5.97 Å². The van der Waals surface area contributed by atoms with E-state index < -0.39 is 12.6 Å². The van der Waals surface area contributed by atoms with Gasteiger partial charge in [0, 0.05) is 0 Å². The highest BCUT2D eigenvalue weighted by Crippen LogP contribution is 2.32. The Morgan fingerprint density at radius 3 is 2.85 bits per heavy atom. The Morgan fingerprint density at radius 1 is 1.54 bits per heavy atom. The Hall–Kier alpha value is -1.23. The predicted molar refractivity (Wildman–Crippen MR) is 48.9 cm³/mol. The lowest BCUT2D eigenvalue weighted by molar-refractivity contribution is -0.139. The van der Waals surface area contributed by atoms with Gasteiger partial charge in [0.15, 0.2) is 6.61 Å². The lowest BCUT2D eigenvalue weighted by Crippen LogP contribution is -2.09. The van der Waals surface area contributed by atoms with E-state index in [9.17, 15) is 9.90 Å². The molecule has 2 N–H and O–H groups in total. The summed E-state index contributed by atoms with van der Waals surface area (Å²) in [6.45, 7) is -0.429. The summed E-state index contributed by atoms with van der Waals surface area (Å²) in [7, 11) is 0. The Kier molecular flexibility index (Phi) is 3.13. The molecule has 0 radical (unpaired) electrons. The van der Waals surface area contributed by atoms with Crippen LogP contribution in [-0.2, 0) is 4.79 Å². The summed E-state index contributed by atoms with van der Waals surface area (Å²) < 4.78 is 5.23. The number of carbonyl (C=O) groups is 1. The largest absolute Gasteiger partial charge is 0.507 e. The first-order chi connectivity index (χ1) is 6.11. The molecule has 0 aliphatic rings. The number of phenolic OH excluding ortho intramolecular Hbond substituents is 1. The molecule has 4 nitrogen and oxygen atoms in total. The average molecular weight is 247 g/mol. The molecule has 1 rings (SSSR count). The third-order valence-electron chi connectivity index (χ3n) is 1.29. The van der Waals surface area contributed by atoms with Gasteiger partial charge in [-0.15, -0.1) is 0 Å². The zero-order valence-electron chi connectivity index (χ0n) is 6.53. The second-order valence-corrected chi connectivity index (χ2v) is 3.06. The molecule has 0 bridgehead atoms. The van der Waals surface area contributed by atoms with E-state index in [1.165, 1.54) is 6.07 Å². The monoisotopic (exact) mass is 246 g/mol. The molecule has 0 aromatic heterocycles. The highest BCUT2D eigenvalue weighted by Gasteiger charge is 2.06. The van der Waals surface area contributed by atoms with Crippen molar-refractivity contribution >= 4 is 21.9 Å². The topological polar surface area (TPSA) is 66.8 Å². The number of carboxylic acids is 1. The predicted octanol–water partition coefficient (Wildman–Crippen LogP) is 1.62. The summed E-state index contributed by atoms with van der Waals surface area (Å²) in [6.07, 6.45) is 0. The van der Waals surface area contributed by atoms with Gasteiger partial charge in [0.05, 0.1) is 0 Å². The molecule has 0 saturated carbocycles. The number of ether oxygens (including phenoxy) is 1. The van der Waals surface area contributed by atoms with Crippen LogP contribution in [0.5, 0.6) is 11.5 Å². The zero-order chi connectivity index (χ0) is 9.84. The van der Waals surface area contributed by atoms with Gasteiger partial charge in [0.25, 0.3) is 0 Å². The quantitative estimate of drug-likeness (QED) is 0.851. The molecule has 5 heteroatoms. The maximum Gasteiger partial charge on any atom is 0.341 e. The van der Waals surface area contributed by atoms with E-state index in [2.05, 4.69) is 15.9 Å². The molecule has 1 aromatic rings. The number of halogens is 1. The second kappa shape index (κ2) is 4.13. The molecule has 0 unspecified atom stereocenters. The minimum absolute atomic E-state index is 0.0166. The van der Waals surface area contributed by atoms with Crippen molar-refractivity contribution in [1.82, 2.24) is 0 Å². The zero-order valence-corrected chi connectivity index (χ0v) is 8.11. The van der Waals surface area contributed by atoms with Crippen molar-refractivity contribution in [3.63, 3.8) is 0 Å². The van der Waals surface area contributed by atoms with Gasteiger partial charge in [0.2, 0.25) is 0 Å². The highest BCUT2D eigenvalue weighted by molar-refractivity contribution is 9.10. The number of hydrogen-bond donors (Lipinski definition) is 2. The first-order valence-electron chi connectivity index (χ1n) is 3.43. The fraction of sp³-hybridized carbons (Fsp3) is 0.125. The van der Waals surface area contributed by atoms with Crippen LogP contribution in [-0.4, -0.2) is 22.8 Å². The van der Waals surface area contributed by atoms with Crippen molar-refractivity contribution in [1.29, 1.82) is 0 Å². The van der Waals surface area contributed by atoms with E-state index in [0.717, 1.165) is 0 Å². The number of rotatable bonds is 3. The molecule has 0 spiro atoms. The summed E-state index contributed by atoms with van der Waals surface area (Å²) in [5.41, 5.74) is 0. The van der Waals surface area contributed by atoms with Crippen molar-refractivity contribution < 1.29 is 19.7 Å². The number of benzene rings is 1. The van der Waals surface area contributed by atoms with Crippen LogP contribution in [0.25, 0.3) is 0 Å². The van der Waals surface area contributed by atoms with Crippen LogP contribution in [0.3, 0.4) is 0 Å². The summed E-state index contributed by atoms with van der Waals surface area (Å²) in [5.74, 6) is -0.736. The number of phenols is 1. The number of aromatic hydroxyl groups is 1. The maximum atomic E-state index is 10.2. The normalized spacial score (nSPS) is 9.62. The van der Waals surface area contributed by atoms with Crippen LogP contribution in [0.4, 0.5) is 0 Å². The lowest BCUT2D eigenvalue weighted by atomic mass is 10.3. The van der Waals surface area contributed by atoms with Crippen LogP contribution < -0.4 is 4.74 Å². The first-order valence-corrected chi connectivity index (χ1v) is 4.22. The van der Waals surface area contributed by atoms with E-state index in [0.29, 0.717) is 10.2 Å². The number of aliphatic carboxylic acids is 1. The Balaban J connectivity index is 2.77. The van der Waals surface area contributed by atoms with Crippen LogP contribution in [0.2, 0.25) is 0 Å². The highest BCUT2D eigenvalue weighted by atomic mass is 79.9. The molecular formula is C8H7BrO4. The maximum absolute atomic E-state index is 10.2. The van der Waals surface area contributed by atoms with Crippen molar-refractivity contribution in [3.05, 3.63) is 22.7 Å². The van der Waals surface area contributed by atoms with Crippen molar-refractivity contribution in [2.45, 2.75) is 0 Å². The van der Waals surface area contributed by atoms with Crippen molar-refractivity contribution in [2.75, 3.05) is 6.61 Å². The van der Waals surface area contributed by atoms with Crippen LogP contribution in [0, 0.1) is 0 Å². The molecule has 1 aromatic carbocycles. The fourth-order valence-electron chi connectivity index (χ4n) is 0.750. The molecule has 0 amide bonds. The van der Waals surface area contributed by atoms with Gasteiger partial charge in [-0.2, -0.15) is 0 Å². The van der Waals surface area contributed by atoms with E-state index in [1.54, 1.807) is 12.1 Å². The van der Waals surface area contributed by atoms with Gasteiger partial charge in [-0.3, -0.25) is 0 Å². The first kappa shape index (κ1) is 9.85. The van der Waals surface area contributed by atoms with E-state index >= 15 is 0 Å². The fourth-order valence-corrected chi connectivity index (χ4v) is 1.13. The Bertz CT molecular complexity index is 324. The summed E-state index contributed by atoms with van der Waals surface area (Å²) in [6, 6.07) is 4.60. The number of hydrogen-bond acceptors (Lipinski definition) is 3. The lowest BCUT2D eigenvalue weighted by Gasteiger charge is -2.05. The van der Waals surface area contributed by atoms with E-state index in [4.69, 9.17) is 9.84 Å². The van der Waals surface area contributed by atoms with Crippen molar-refractivity contribution in [2.24, 2.45) is 0 Å². The van der Waals surface area contributed by atoms with Crippen molar-refractivity contribution in [3.8, 4) is 11.5 Å². The van der Waals surface area contributed by atoms with Gasteiger partial charge in [0.1, 0.15) is 16.0 Å². The molecule has 0 aliphatic heterocycles. The number of carboxylic acid groups (broad SMARTS) is 1. The van der Waals surface area contributed by atoms with Gasteiger partial charge in [-0.25, -0.2) is 4.79 Å². The van der Waals surface area contributed by atoms with Crippen LogP contribution >= 0.6 is 15.9 Å². The average Bonchev–Trinajstić information content (AvgIpc) is 2.07. The molecule has 0 saturated heterocycles. The summed E-state index contributed by atoms with van der Waals surface area (Å²) in [5, 5.41) is 17.5. The smallest absolute Gasteiger partial charge is 0.341 e. The second-order valence-electron chi connectivity index (χ2n) is 2.27. The Labute approximate surface area is 82.9 Å². The minimum atomic E-state index is -1.06. The SMILES string of the molecule is O=C(O)COc1cccc(O)c1Br. The third-order valence-corrected chi connectivity index (χ3v) is 2.09. The molecule has 70 valence electrons. The van der Waals surface area contributed by atoms with E-state index in [-0.39, 0.29) is 5.75 Å². The van der Waals surface area contributed by atoms with Gasteiger partial charge < -0.3 is 14.9 Å². The third kappa shape index (κ3) is 2.62.